The lowest BCUT2D eigenvalue weighted by molar-refractivity contribution is -0.169. The SMILES string of the molecule is C[C@H](C(=O)OCc1ccccc1)[C@H](CC(O)CO)C(=O)OC(C)(C)C. The fourth-order valence-electron chi connectivity index (χ4n) is 2.27. The van der Waals surface area contributed by atoms with E-state index < -0.39 is 42.1 Å². The molecular weight excluding hydrogens is 324 g/mol. The maximum absolute atomic E-state index is 12.4. The Kier molecular flexibility index (Phi) is 8.06. The Labute approximate surface area is 148 Å². The van der Waals surface area contributed by atoms with Gasteiger partial charge >= 0.3 is 11.9 Å². The minimum atomic E-state index is -1.11. The van der Waals surface area contributed by atoms with E-state index in [0.29, 0.717) is 0 Å². The summed E-state index contributed by atoms with van der Waals surface area (Å²) in [6, 6.07) is 9.21. The first-order valence-electron chi connectivity index (χ1n) is 8.36. The molecule has 1 aromatic carbocycles. The van der Waals surface area contributed by atoms with Crippen LogP contribution in [0.15, 0.2) is 30.3 Å². The summed E-state index contributed by atoms with van der Waals surface area (Å²) in [4.78, 5) is 24.7. The number of hydrogen-bond donors (Lipinski definition) is 2. The Morgan fingerprint density at radius 3 is 2.24 bits per heavy atom. The van der Waals surface area contributed by atoms with Crippen molar-refractivity contribution in [1.82, 2.24) is 0 Å². The Hall–Kier alpha value is -1.92. The minimum Gasteiger partial charge on any atom is -0.461 e. The van der Waals surface area contributed by atoms with Gasteiger partial charge in [0.2, 0.25) is 0 Å². The first-order valence-corrected chi connectivity index (χ1v) is 8.36. The smallest absolute Gasteiger partial charge is 0.310 e. The van der Waals surface area contributed by atoms with Crippen molar-refractivity contribution >= 4 is 11.9 Å². The Bertz CT molecular complexity index is 549. The number of rotatable bonds is 8. The Balaban J connectivity index is 2.77. The fraction of sp³-hybridized carbons (Fsp3) is 0.579. The number of esters is 2. The second-order valence-electron chi connectivity index (χ2n) is 7.09. The molecule has 0 fully saturated rings. The van der Waals surface area contributed by atoms with Crippen LogP contribution < -0.4 is 0 Å². The van der Waals surface area contributed by atoms with Crippen LogP contribution in [0.3, 0.4) is 0 Å². The Morgan fingerprint density at radius 1 is 1.12 bits per heavy atom. The van der Waals surface area contributed by atoms with Crippen molar-refractivity contribution in [3.05, 3.63) is 35.9 Å². The van der Waals surface area contributed by atoms with Crippen molar-refractivity contribution in [2.24, 2.45) is 11.8 Å². The van der Waals surface area contributed by atoms with Gasteiger partial charge in [-0.05, 0) is 32.8 Å². The quantitative estimate of drug-likeness (QED) is 0.696. The van der Waals surface area contributed by atoms with Gasteiger partial charge in [0.05, 0.1) is 24.5 Å². The number of carbonyl (C=O) groups is 2. The third-order valence-corrected chi connectivity index (χ3v) is 3.65. The molecule has 140 valence electrons. The van der Waals surface area contributed by atoms with E-state index >= 15 is 0 Å². The van der Waals surface area contributed by atoms with Crippen LogP contribution in [0.1, 0.15) is 39.7 Å². The summed E-state index contributed by atoms with van der Waals surface area (Å²) in [6.07, 6.45) is -1.19. The average Bonchev–Trinajstić information content (AvgIpc) is 2.55. The molecule has 0 spiro atoms. The number of carbonyl (C=O) groups excluding carboxylic acids is 2. The van der Waals surface area contributed by atoms with Crippen molar-refractivity contribution in [1.29, 1.82) is 0 Å². The van der Waals surface area contributed by atoms with Gasteiger partial charge in [0, 0.05) is 0 Å². The molecule has 0 heterocycles. The molecular formula is C19H28O6. The summed E-state index contributed by atoms with van der Waals surface area (Å²) in [6.45, 7) is 6.35. The van der Waals surface area contributed by atoms with Crippen molar-refractivity contribution in [2.45, 2.75) is 52.4 Å². The molecule has 0 bridgehead atoms. The van der Waals surface area contributed by atoms with Crippen LogP contribution in [0, 0.1) is 11.8 Å². The van der Waals surface area contributed by atoms with Gasteiger partial charge < -0.3 is 19.7 Å². The Morgan fingerprint density at radius 2 is 1.72 bits per heavy atom. The molecule has 25 heavy (non-hydrogen) atoms. The normalized spacial score (nSPS) is 15.1. The van der Waals surface area contributed by atoms with E-state index in [1.165, 1.54) is 0 Å². The lowest BCUT2D eigenvalue weighted by Gasteiger charge is -2.27. The molecule has 0 aliphatic carbocycles. The molecule has 3 atom stereocenters. The van der Waals surface area contributed by atoms with Crippen LogP contribution in [0.4, 0.5) is 0 Å². The third kappa shape index (κ3) is 7.67. The molecule has 0 aromatic heterocycles. The van der Waals surface area contributed by atoms with E-state index in [2.05, 4.69) is 0 Å². The lowest BCUT2D eigenvalue weighted by atomic mass is 9.88. The van der Waals surface area contributed by atoms with Gasteiger partial charge in [-0.2, -0.15) is 0 Å². The van der Waals surface area contributed by atoms with Crippen LogP contribution in [-0.4, -0.2) is 40.5 Å². The van der Waals surface area contributed by atoms with E-state index in [-0.39, 0.29) is 13.0 Å². The number of aliphatic hydroxyl groups is 2. The van der Waals surface area contributed by atoms with Crippen molar-refractivity contribution in [3.8, 4) is 0 Å². The standard InChI is InChI=1S/C19H28O6/c1-13(17(22)24-12-14-8-6-5-7-9-14)16(10-15(21)11-20)18(23)25-19(2,3)4/h5-9,13,15-16,20-21H,10-12H2,1-4H3/t13-,15?,16-/m0/s1. The van der Waals surface area contributed by atoms with Crippen LogP contribution in [-0.2, 0) is 25.7 Å². The van der Waals surface area contributed by atoms with Crippen molar-refractivity contribution < 1.29 is 29.3 Å². The molecule has 1 unspecified atom stereocenters. The molecule has 0 saturated heterocycles. The number of hydrogen-bond acceptors (Lipinski definition) is 6. The van der Waals surface area contributed by atoms with Crippen LogP contribution in [0.5, 0.6) is 0 Å². The summed E-state index contributed by atoms with van der Waals surface area (Å²) in [7, 11) is 0. The third-order valence-electron chi connectivity index (χ3n) is 3.65. The molecule has 6 heteroatoms. The minimum absolute atomic E-state index is 0.0764. The molecule has 6 nitrogen and oxygen atoms in total. The highest BCUT2D eigenvalue weighted by atomic mass is 16.6. The largest absolute Gasteiger partial charge is 0.461 e. The molecule has 2 N–H and O–H groups in total. The summed E-state index contributed by atoms with van der Waals surface area (Å²) >= 11 is 0. The average molecular weight is 352 g/mol. The predicted molar refractivity (Wildman–Crippen MR) is 92.4 cm³/mol. The highest BCUT2D eigenvalue weighted by Gasteiger charge is 2.36. The molecule has 1 aromatic rings. The maximum atomic E-state index is 12.4. The van der Waals surface area contributed by atoms with Gasteiger partial charge in [-0.3, -0.25) is 9.59 Å². The first kappa shape index (κ1) is 21.1. The number of benzene rings is 1. The molecule has 1 rings (SSSR count). The van der Waals surface area contributed by atoms with Gasteiger partial charge in [-0.25, -0.2) is 0 Å². The van der Waals surface area contributed by atoms with Crippen LogP contribution in [0.25, 0.3) is 0 Å². The van der Waals surface area contributed by atoms with E-state index in [9.17, 15) is 14.7 Å². The van der Waals surface area contributed by atoms with Gasteiger partial charge in [0.1, 0.15) is 12.2 Å². The highest BCUT2D eigenvalue weighted by Crippen LogP contribution is 2.24. The zero-order valence-corrected chi connectivity index (χ0v) is 15.3. The molecule has 0 amide bonds. The van der Waals surface area contributed by atoms with E-state index in [1.807, 2.05) is 30.3 Å². The molecule has 0 saturated carbocycles. The summed E-state index contributed by atoms with van der Waals surface area (Å²) in [5.74, 6) is -2.85. The number of ether oxygens (including phenoxy) is 2. The molecule has 0 aliphatic heterocycles. The highest BCUT2D eigenvalue weighted by molar-refractivity contribution is 5.82. The van der Waals surface area contributed by atoms with Crippen LogP contribution in [0.2, 0.25) is 0 Å². The topological polar surface area (TPSA) is 93.1 Å². The first-order chi connectivity index (χ1) is 11.6. The lowest BCUT2D eigenvalue weighted by Crippen LogP contribution is -2.37. The van der Waals surface area contributed by atoms with E-state index in [4.69, 9.17) is 14.6 Å². The van der Waals surface area contributed by atoms with Gasteiger partial charge in [-0.1, -0.05) is 37.3 Å². The number of aliphatic hydroxyl groups excluding tert-OH is 2. The van der Waals surface area contributed by atoms with Gasteiger partial charge in [0.15, 0.2) is 0 Å². The summed E-state index contributed by atoms with van der Waals surface area (Å²) in [5.41, 5.74) is 0.125. The van der Waals surface area contributed by atoms with Gasteiger partial charge in [0.25, 0.3) is 0 Å². The maximum Gasteiger partial charge on any atom is 0.310 e. The van der Waals surface area contributed by atoms with Gasteiger partial charge in [-0.15, -0.1) is 0 Å². The van der Waals surface area contributed by atoms with Crippen molar-refractivity contribution in [3.63, 3.8) is 0 Å². The fourth-order valence-corrected chi connectivity index (χ4v) is 2.27. The second kappa shape index (κ2) is 9.53. The summed E-state index contributed by atoms with van der Waals surface area (Å²) < 4.78 is 10.6. The van der Waals surface area contributed by atoms with Crippen LogP contribution >= 0.6 is 0 Å². The molecule has 0 aliphatic rings. The van der Waals surface area contributed by atoms with Crippen molar-refractivity contribution in [2.75, 3.05) is 6.61 Å². The molecule has 0 radical (unpaired) electrons. The second-order valence-corrected chi connectivity index (χ2v) is 7.09. The summed E-state index contributed by atoms with van der Waals surface area (Å²) in [5, 5.41) is 18.8. The monoisotopic (exact) mass is 352 g/mol. The van der Waals surface area contributed by atoms with E-state index in [1.54, 1.807) is 27.7 Å². The zero-order valence-electron chi connectivity index (χ0n) is 15.3. The zero-order chi connectivity index (χ0) is 19.0. The predicted octanol–water partition coefficient (Wildman–Crippen LogP) is 2.07. The van der Waals surface area contributed by atoms with E-state index in [0.717, 1.165) is 5.56 Å².